The maximum atomic E-state index is 12.3. The van der Waals surface area contributed by atoms with Gasteiger partial charge in [0.05, 0.1) is 5.60 Å². The molecule has 1 saturated carbocycles. The lowest BCUT2D eigenvalue weighted by Crippen LogP contribution is -2.53. The fourth-order valence-corrected chi connectivity index (χ4v) is 3.31. The Labute approximate surface area is 120 Å². The fourth-order valence-electron chi connectivity index (χ4n) is 3.31. The van der Waals surface area contributed by atoms with Gasteiger partial charge in [-0.1, -0.05) is 6.92 Å². The van der Waals surface area contributed by atoms with E-state index in [-0.39, 0.29) is 18.1 Å². The summed E-state index contributed by atoms with van der Waals surface area (Å²) in [5.41, 5.74) is -0.276. The zero-order valence-corrected chi connectivity index (χ0v) is 12.9. The molecular formula is C15H28F3NO. The highest BCUT2D eigenvalue weighted by Gasteiger charge is 2.41. The van der Waals surface area contributed by atoms with Crippen LogP contribution >= 0.6 is 0 Å². The largest absolute Gasteiger partial charge is 0.389 e. The molecule has 1 atom stereocenters. The van der Waals surface area contributed by atoms with Gasteiger partial charge in [0.25, 0.3) is 0 Å². The molecule has 0 radical (unpaired) electrons. The van der Waals surface area contributed by atoms with Gasteiger partial charge in [-0.3, -0.25) is 0 Å². The Hall–Kier alpha value is -0.290. The Balaban J connectivity index is 2.62. The van der Waals surface area contributed by atoms with Crippen molar-refractivity contribution in [3.8, 4) is 0 Å². The summed E-state index contributed by atoms with van der Waals surface area (Å²) in [6.07, 6.45) is -0.000323. The minimum absolute atomic E-state index is 0.0114. The summed E-state index contributed by atoms with van der Waals surface area (Å²) >= 11 is 0. The summed E-state index contributed by atoms with van der Waals surface area (Å²) in [5, 5.41) is 3.21. The average molecular weight is 295 g/mol. The van der Waals surface area contributed by atoms with Crippen molar-refractivity contribution >= 4 is 0 Å². The molecule has 5 heteroatoms. The van der Waals surface area contributed by atoms with Gasteiger partial charge < -0.3 is 10.1 Å². The second-order valence-corrected chi connectivity index (χ2v) is 6.03. The number of alkyl halides is 3. The standard InChI is InChI=1S/C15H28F3NO/c1-4-20-14(10-7-12(2)8-11-14)13(19-3)6-5-9-15(16,17)18/h12-13,19H,4-11H2,1-3H3. The number of halogens is 3. The molecule has 1 aliphatic carbocycles. The van der Waals surface area contributed by atoms with Crippen molar-refractivity contribution in [2.45, 2.75) is 76.6 Å². The van der Waals surface area contributed by atoms with Gasteiger partial charge in [0.15, 0.2) is 0 Å². The minimum atomic E-state index is -4.06. The van der Waals surface area contributed by atoms with E-state index in [9.17, 15) is 13.2 Å². The first-order chi connectivity index (χ1) is 9.33. The van der Waals surface area contributed by atoms with Gasteiger partial charge >= 0.3 is 6.18 Å². The third kappa shape index (κ3) is 5.24. The first-order valence-electron chi connectivity index (χ1n) is 7.71. The van der Waals surface area contributed by atoms with Crippen molar-refractivity contribution in [3.05, 3.63) is 0 Å². The highest BCUT2D eigenvalue weighted by Crippen LogP contribution is 2.39. The normalized spacial score (nSPS) is 29.4. The molecule has 0 aliphatic heterocycles. The van der Waals surface area contributed by atoms with E-state index >= 15 is 0 Å². The summed E-state index contributed by atoms with van der Waals surface area (Å²) < 4.78 is 42.9. The lowest BCUT2D eigenvalue weighted by Gasteiger charge is -2.45. The van der Waals surface area contributed by atoms with E-state index in [0.717, 1.165) is 25.7 Å². The number of hydrogen-bond donors (Lipinski definition) is 1. The van der Waals surface area contributed by atoms with Crippen LogP contribution in [0.4, 0.5) is 13.2 Å². The first kappa shape index (κ1) is 17.8. The van der Waals surface area contributed by atoms with Gasteiger partial charge in [0.2, 0.25) is 0 Å². The zero-order chi connectivity index (χ0) is 15.2. The second kappa shape index (κ2) is 7.64. The highest BCUT2D eigenvalue weighted by atomic mass is 19.4. The summed E-state index contributed by atoms with van der Waals surface area (Å²) in [4.78, 5) is 0. The van der Waals surface area contributed by atoms with E-state index in [4.69, 9.17) is 4.74 Å². The van der Waals surface area contributed by atoms with Crippen molar-refractivity contribution in [2.75, 3.05) is 13.7 Å². The van der Waals surface area contributed by atoms with Crippen LogP contribution in [0.3, 0.4) is 0 Å². The van der Waals surface area contributed by atoms with Gasteiger partial charge in [-0.05, 0) is 58.4 Å². The van der Waals surface area contributed by atoms with Crippen LogP contribution in [0, 0.1) is 5.92 Å². The molecule has 0 bridgehead atoms. The van der Waals surface area contributed by atoms with Crippen LogP contribution in [0.5, 0.6) is 0 Å². The van der Waals surface area contributed by atoms with Crippen LogP contribution < -0.4 is 5.32 Å². The first-order valence-corrected chi connectivity index (χ1v) is 7.71. The Morgan fingerprint density at radius 3 is 2.35 bits per heavy atom. The Kier molecular flexibility index (Phi) is 6.79. The van der Waals surface area contributed by atoms with Gasteiger partial charge in [-0.15, -0.1) is 0 Å². The minimum Gasteiger partial charge on any atom is -0.374 e. The van der Waals surface area contributed by atoms with Crippen LogP contribution in [0.25, 0.3) is 0 Å². The lowest BCUT2D eigenvalue weighted by atomic mass is 9.74. The number of nitrogens with one attached hydrogen (secondary N) is 1. The average Bonchev–Trinajstić information content (AvgIpc) is 2.37. The quantitative estimate of drug-likeness (QED) is 0.756. The molecule has 0 aromatic heterocycles. The Morgan fingerprint density at radius 2 is 1.90 bits per heavy atom. The molecule has 0 heterocycles. The molecule has 0 amide bonds. The van der Waals surface area contributed by atoms with Crippen molar-refractivity contribution in [3.63, 3.8) is 0 Å². The van der Waals surface area contributed by atoms with Crippen LogP contribution in [-0.2, 0) is 4.74 Å². The zero-order valence-electron chi connectivity index (χ0n) is 12.9. The molecule has 0 aromatic rings. The van der Waals surface area contributed by atoms with Crippen molar-refractivity contribution in [1.29, 1.82) is 0 Å². The van der Waals surface area contributed by atoms with Crippen molar-refractivity contribution in [2.24, 2.45) is 5.92 Å². The molecular weight excluding hydrogens is 267 g/mol. The Bertz CT molecular complexity index is 273. The topological polar surface area (TPSA) is 21.3 Å². The van der Waals surface area contributed by atoms with E-state index in [1.165, 1.54) is 0 Å². The maximum absolute atomic E-state index is 12.3. The molecule has 0 spiro atoms. The molecule has 1 fully saturated rings. The molecule has 120 valence electrons. The maximum Gasteiger partial charge on any atom is 0.389 e. The number of likely N-dealkylation sites (N-methyl/N-ethyl adjacent to an activating group) is 1. The summed E-state index contributed by atoms with van der Waals surface area (Å²) in [7, 11) is 1.83. The van der Waals surface area contributed by atoms with E-state index in [2.05, 4.69) is 12.2 Å². The smallest absolute Gasteiger partial charge is 0.374 e. The molecule has 20 heavy (non-hydrogen) atoms. The van der Waals surface area contributed by atoms with E-state index in [1.807, 2.05) is 14.0 Å². The lowest BCUT2D eigenvalue weighted by molar-refractivity contribution is -0.138. The molecule has 1 unspecified atom stereocenters. The van der Waals surface area contributed by atoms with Gasteiger partial charge in [0.1, 0.15) is 0 Å². The van der Waals surface area contributed by atoms with Gasteiger partial charge in [-0.25, -0.2) is 0 Å². The summed E-state index contributed by atoms with van der Waals surface area (Å²) in [5.74, 6) is 0.691. The van der Waals surface area contributed by atoms with E-state index in [1.54, 1.807) is 0 Å². The van der Waals surface area contributed by atoms with Gasteiger partial charge in [-0.2, -0.15) is 13.2 Å². The highest BCUT2D eigenvalue weighted by molar-refractivity contribution is 4.96. The molecule has 1 rings (SSSR count). The monoisotopic (exact) mass is 295 g/mol. The fraction of sp³-hybridized carbons (Fsp3) is 1.00. The van der Waals surface area contributed by atoms with E-state index < -0.39 is 12.6 Å². The van der Waals surface area contributed by atoms with Crippen LogP contribution in [0.1, 0.15) is 58.8 Å². The van der Waals surface area contributed by atoms with Crippen molar-refractivity contribution in [1.82, 2.24) is 5.32 Å². The molecule has 1 N–H and O–H groups in total. The van der Waals surface area contributed by atoms with Crippen molar-refractivity contribution < 1.29 is 17.9 Å². The predicted octanol–water partition coefficient (Wildman–Crippen LogP) is 4.29. The second-order valence-electron chi connectivity index (χ2n) is 6.03. The molecule has 1 aliphatic rings. The van der Waals surface area contributed by atoms with E-state index in [0.29, 0.717) is 18.9 Å². The summed E-state index contributed by atoms with van der Waals surface area (Å²) in [6.45, 7) is 4.81. The third-order valence-corrected chi connectivity index (χ3v) is 4.49. The number of rotatable bonds is 7. The molecule has 2 nitrogen and oxygen atoms in total. The molecule has 0 aromatic carbocycles. The van der Waals surface area contributed by atoms with Crippen LogP contribution in [0.15, 0.2) is 0 Å². The predicted molar refractivity (Wildman–Crippen MR) is 74.7 cm³/mol. The Morgan fingerprint density at radius 1 is 1.30 bits per heavy atom. The van der Waals surface area contributed by atoms with Crippen LogP contribution in [-0.4, -0.2) is 31.5 Å². The SMILES string of the molecule is CCOC1(C(CCCC(F)(F)F)NC)CCC(C)CC1. The molecule has 0 saturated heterocycles. The summed E-state index contributed by atoms with van der Waals surface area (Å²) in [6, 6.07) is 0.0114. The number of ether oxygens (including phenoxy) is 1. The van der Waals surface area contributed by atoms with Crippen LogP contribution in [0.2, 0.25) is 0 Å². The third-order valence-electron chi connectivity index (χ3n) is 4.49. The number of hydrogen-bond acceptors (Lipinski definition) is 2. The van der Waals surface area contributed by atoms with Gasteiger partial charge in [0, 0.05) is 19.1 Å².